The van der Waals surface area contributed by atoms with Crippen molar-refractivity contribution in [3.63, 3.8) is 0 Å². The molecule has 0 radical (unpaired) electrons. The SMILES string of the molecule is CC1CNCCN1C(=O)c1cccc(Cl)c1.Cl. The summed E-state index contributed by atoms with van der Waals surface area (Å²) in [7, 11) is 0. The van der Waals surface area contributed by atoms with Crippen molar-refractivity contribution in [2.75, 3.05) is 19.6 Å². The van der Waals surface area contributed by atoms with Gasteiger partial charge in [-0.15, -0.1) is 12.4 Å². The van der Waals surface area contributed by atoms with Gasteiger partial charge in [-0.25, -0.2) is 0 Å². The molecule has 1 N–H and O–H groups in total. The van der Waals surface area contributed by atoms with Crippen LogP contribution in [0.1, 0.15) is 17.3 Å². The number of carbonyl (C=O) groups is 1. The summed E-state index contributed by atoms with van der Waals surface area (Å²) in [6, 6.07) is 7.35. The molecule has 1 atom stereocenters. The Kier molecular flexibility index (Phi) is 5.25. The minimum absolute atomic E-state index is 0. The molecule has 1 heterocycles. The van der Waals surface area contributed by atoms with Gasteiger partial charge in [0.1, 0.15) is 0 Å². The molecule has 1 fully saturated rings. The third-order valence-corrected chi connectivity index (χ3v) is 3.07. The molecule has 0 saturated carbocycles. The lowest BCUT2D eigenvalue weighted by atomic mass is 10.1. The number of benzene rings is 1. The summed E-state index contributed by atoms with van der Waals surface area (Å²) < 4.78 is 0. The first-order valence-electron chi connectivity index (χ1n) is 5.46. The predicted molar refractivity (Wildman–Crippen MR) is 72.1 cm³/mol. The molecule has 0 aromatic heterocycles. The number of nitrogens with zero attached hydrogens (tertiary/aromatic N) is 1. The van der Waals surface area contributed by atoms with Crippen molar-refractivity contribution in [1.29, 1.82) is 0 Å². The Bertz CT molecular complexity index is 398. The van der Waals surface area contributed by atoms with Crippen LogP contribution in [0, 0.1) is 0 Å². The van der Waals surface area contributed by atoms with Gasteiger partial charge in [0, 0.05) is 36.3 Å². The highest BCUT2D eigenvalue weighted by Crippen LogP contribution is 2.14. The average Bonchev–Trinajstić information content (AvgIpc) is 2.29. The zero-order chi connectivity index (χ0) is 11.5. The molecular formula is C12H16Cl2N2O. The lowest BCUT2D eigenvalue weighted by Gasteiger charge is -2.34. The molecule has 1 unspecified atom stereocenters. The van der Waals surface area contributed by atoms with E-state index in [0.29, 0.717) is 10.6 Å². The lowest BCUT2D eigenvalue weighted by molar-refractivity contribution is 0.0656. The maximum absolute atomic E-state index is 12.2. The molecule has 1 aromatic rings. The minimum Gasteiger partial charge on any atom is -0.333 e. The summed E-state index contributed by atoms with van der Waals surface area (Å²) in [5.41, 5.74) is 0.668. The first-order chi connectivity index (χ1) is 7.68. The molecule has 1 aliphatic rings. The summed E-state index contributed by atoms with van der Waals surface area (Å²) in [4.78, 5) is 14.1. The zero-order valence-corrected chi connectivity index (χ0v) is 11.2. The summed E-state index contributed by atoms with van der Waals surface area (Å²) in [5, 5.41) is 3.87. The van der Waals surface area contributed by atoms with Gasteiger partial charge in [0.25, 0.3) is 5.91 Å². The van der Waals surface area contributed by atoms with E-state index in [2.05, 4.69) is 12.2 Å². The first kappa shape index (κ1) is 14.3. The highest BCUT2D eigenvalue weighted by atomic mass is 35.5. The number of nitrogens with one attached hydrogen (secondary N) is 1. The van der Waals surface area contributed by atoms with Crippen LogP contribution in [0.25, 0.3) is 0 Å². The van der Waals surface area contributed by atoms with Gasteiger partial charge < -0.3 is 10.2 Å². The Morgan fingerprint density at radius 2 is 2.29 bits per heavy atom. The normalized spacial score (nSPS) is 19.6. The summed E-state index contributed by atoms with van der Waals surface area (Å²) in [6.07, 6.45) is 0. The standard InChI is InChI=1S/C12H15ClN2O.ClH/c1-9-8-14-5-6-15(9)12(16)10-3-2-4-11(13)7-10;/h2-4,7,9,14H,5-6,8H2,1H3;1H. The molecule has 17 heavy (non-hydrogen) atoms. The van der Waals surface area contributed by atoms with Crippen molar-refractivity contribution in [2.24, 2.45) is 0 Å². The topological polar surface area (TPSA) is 32.3 Å². The fourth-order valence-electron chi connectivity index (χ4n) is 1.93. The molecule has 0 spiro atoms. The third-order valence-electron chi connectivity index (χ3n) is 2.83. The van der Waals surface area contributed by atoms with E-state index < -0.39 is 0 Å². The van der Waals surface area contributed by atoms with E-state index in [1.54, 1.807) is 12.1 Å². The molecule has 1 amide bonds. The Morgan fingerprint density at radius 3 is 2.94 bits per heavy atom. The molecule has 3 nitrogen and oxygen atoms in total. The molecule has 1 aromatic carbocycles. The van der Waals surface area contributed by atoms with Gasteiger partial charge in [-0.3, -0.25) is 4.79 Å². The van der Waals surface area contributed by atoms with E-state index in [0.717, 1.165) is 19.6 Å². The van der Waals surface area contributed by atoms with Gasteiger partial charge in [-0.2, -0.15) is 0 Å². The second-order valence-electron chi connectivity index (χ2n) is 4.06. The molecule has 5 heteroatoms. The number of rotatable bonds is 1. The number of hydrogen-bond donors (Lipinski definition) is 1. The second-order valence-corrected chi connectivity index (χ2v) is 4.50. The Labute approximate surface area is 113 Å². The predicted octanol–water partition coefficient (Wildman–Crippen LogP) is 2.20. The smallest absolute Gasteiger partial charge is 0.254 e. The molecule has 1 saturated heterocycles. The Hall–Kier alpha value is -0.770. The molecule has 1 aliphatic heterocycles. The number of carbonyl (C=O) groups excluding carboxylic acids is 1. The summed E-state index contributed by atoms with van der Waals surface area (Å²) in [5.74, 6) is 0.0662. The number of amides is 1. The number of piperazine rings is 1. The van der Waals surface area contributed by atoms with Crippen LogP contribution in [0.4, 0.5) is 0 Å². The summed E-state index contributed by atoms with van der Waals surface area (Å²) in [6.45, 7) is 4.52. The number of hydrogen-bond acceptors (Lipinski definition) is 2. The van der Waals surface area contributed by atoms with E-state index in [1.807, 2.05) is 17.0 Å². The van der Waals surface area contributed by atoms with Crippen LogP contribution in [-0.2, 0) is 0 Å². The van der Waals surface area contributed by atoms with Gasteiger partial charge in [0.15, 0.2) is 0 Å². The van der Waals surface area contributed by atoms with Gasteiger partial charge in [0.05, 0.1) is 0 Å². The van der Waals surface area contributed by atoms with Crippen LogP contribution in [0.2, 0.25) is 5.02 Å². The maximum Gasteiger partial charge on any atom is 0.254 e. The van der Waals surface area contributed by atoms with Crippen LogP contribution < -0.4 is 5.32 Å². The quantitative estimate of drug-likeness (QED) is 0.852. The average molecular weight is 275 g/mol. The van der Waals surface area contributed by atoms with E-state index in [9.17, 15) is 4.79 Å². The van der Waals surface area contributed by atoms with Crippen molar-refractivity contribution in [3.05, 3.63) is 34.9 Å². The van der Waals surface area contributed by atoms with Gasteiger partial charge in [-0.1, -0.05) is 17.7 Å². The van der Waals surface area contributed by atoms with Gasteiger partial charge >= 0.3 is 0 Å². The lowest BCUT2D eigenvalue weighted by Crippen LogP contribution is -2.52. The van der Waals surface area contributed by atoms with Crippen molar-refractivity contribution in [2.45, 2.75) is 13.0 Å². The van der Waals surface area contributed by atoms with E-state index in [4.69, 9.17) is 11.6 Å². The molecule has 94 valence electrons. The number of halogens is 2. The molecular weight excluding hydrogens is 259 g/mol. The second kappa shape index (κ2) is 6.24. The van der Waals surface area contributed by atoms with Crippen molar-refractivity contribution >= 4 is 29.9 Å². The van der Waals surface area contributed by atoms with Crippen LogP contribution in [0.15, 0.2) is 24.3 Å². The van der Waals surface area contributed by atoms with Crippen LogP contribution in [0.5, 0.6) is 0 Å². The monoisotopic (exact) mass is 274 g/mol. The molecule has 2 rings (SSSR count). The summed E-state index contributed by atoms with van der Waals surface area (Å²) >= 11 is 5.88. The molecule has 0 bridgehead atoms. The fourth-order valence-corrected chi connectivity index (χ4v) is 2.12. The van der Waals surface area contributed by atoms with E-state index >= 15 is 0 Å². The molecule has 0 aliphatic carbocycles. The Morgan fingerprint density at radius 1 is 1.53 bits per heavy atom. The maximum atomic E-state index is 12.2. The highest BCUT2D eigenvalue weighted by molar-refractivity contribution is 6.30. The highest BCUT2D eigenvalue weighted by Gasteiger charge is 2.23. The third kappa shape index (κ3) is 3.35. The van der Waals surface area contributed by atoms with Crippen molar-refractivity contribution in [1.82, 2.24) is 10.2 Å². The van der Waals surface area contributed by atoms with Crippen LogP contribution in [0.3, 0.4) is 0 Å². The van der Waals surface area contributed by atoms with Gasteiger partial charge in [-0.05, 0) is 25.1 Å². The minimum atomic E-state index is 0. The van der Waals surface area contributed by atoms with Crippen LogP contribution >= 0.6 is 24.0 Å². The van der Waals surface area contributed by atoms with Crippen molar-refractivity contribution in [3.8, 4) is 0 Å². The van der Waals surface area contributed by atoms with Crippen LogP contribution in [-0.4, -0.2) is 36.5 Å². The van der Waals surface area contributed by atoms with E-state index in [-0.39, 0.29) is 24.4 Å². The zero-order valence-electron chi connectivity index (χ0n) is 9.65. The Balaban J connectivity index is 0.00000144. The van der Waals surface area contributed by atoms with E-state index in [1.165, 1.54) is 0 Å². The fraction of sp³-hybridized carbons (Fsp3) is 0.417. The van der Waals surface area contributed by atoms with Gasteiger partial charge in [0.2, 0.25) is 0 Å². The largest absolute Gasteiger partial charge is 0.333 e. The first-order valence-corrected chi connectivity index (χ1v) is 5.83. The van der Waals surface area contributed by atoms with Crippen molar-refractivity contribution < 1.29 is 4.79 Å².